The largest absolute Gasteiger partial charge is 0.508 e. The van der Waals surface area contributed by atoms with Gasteiger partial charge in [-0.15, -0.1) is 0 Å². The maximum absolute atomic E-state index is 12.5. The second-order valence-electron chi connectivity index (χ2n) is 7.98. The first-order valence-electron chi connectivity index (χ1n) is 10.8. The minimum absolute atomic E-state index is 0.140. The van der Waals surface area contributed by atoms with Crippen LogP contribution < -0.4 is 4.74 Å². The molecule has 3 rings (SSSR count). The summed E-state index contributed by atoms with van der Waals surface area (Å²) in [6.07, 6.45) is 5.32. The molecule has 1 aliphatic rings. The van der Waals surface area contributed by atoms with Crippen molar-refractivity contribution in [2.45, 2.75) is 70.5 Å². The van der Waals surface area contributed by atoms with Crippen LogP contribution in [0, 0.1) is 0 Å². The number of phenols is 4. The van der Waals surface area contributed by atoms with Gasteiger partial charge in [0.2, 0.25) is 0 Å². The van der Waals surface area contributed by atoms with Crippen molar-refractivity contribution < 1.29 is 34.7 Å². The van der Waals surface area contributed by atoms with Gasteiger partial charge in [0.1, 0.15) is 23.4 Å². The number of unbranched alkanes of at least 4 members (excludes halogenated alkanes) is 5. The van der Waals surface area contributed by atoms with Crippen molar-refractivity contribution in [2.24, 2.45) is 0 Å². The van der Waals surface area contributed by atoms with E-state index in [1.807, 2.05) is 0 Å². The summed E-state index contributed by atoms with van der Waals surface area (Å²) in [5, 5.41) is 39.5. The van der Waals surface area contributed by atoms with Crippen molar-refractivity contribution in [1.82, 2.24) is 0 Å². The molecule has 168 valence electrons. The molecule has 0 radical (unpaired) electrons. The highest BCUT2D eigenvalue weighted by Gasteiger charge is 2.36. The SMILES string of the molecule is CCCCCCCCC(=O)OC1Cc2c(O)cc(O)cc2OC1c1ccc(O)c(O)c1. The van der Waals surface area contributed by atoms with Crippen molar-refractivity contribution in [2.75, 3.05) is 0 Å². The molecule has 2 aromatic carbocycles. The number of rotatable bonds is 9. The first kappa shape index (κ1) is 22.6. The number of phenolic OH excluding ortho intramolecular Hbond substituents is 4. The van der Waals surface area contributed by atoms with Crippen LogP contribution in [-0.4, -0.2) is 32.5 Å². The van der Waals surface area contributed by atoms with Crippen molar-refractivity contribution in [3.63, 3.8) is 0 Å². The normalized spacial score (nSPS) is 17.6. The minimum atomic E-state index is -0.770. The molecule has 7 heteroatoms. The highest BCUT2D eigenvalue weighted by atomic mass is 16.6. The van der Waals surface area contributed by atoms with E-state index in [9.17, 15) is 25.2 Å². The number of hydrogen-bond acceptors (Lipinski definition) is 7. The molecule has 0 saturated heterocycles. The van der Waals surface area contributed by atoms with Crippen LogP contribution in [0.2, 0.25) is 0 Å². The molecule has 0 aliphatic carbocycles. The molecule has 0 aromatic heterocycles. The summed E-state index contributed by atoms with van der Waals surface area (Å²) in [5.41, 5.74) is 0.940. The topological polar surface area (TPSA) is 116 Å². The van der Waals surface area contributed by atoms with Gasteiger partial charge in [0.05, 0.1) is 0 Å². The van der Waals surface area contributed by atoms with E-state index in [1.54, 1.807) is 6.07 Å². The van der Waals surface area contributed by atoms with E-state index in [1.165, 1.54) is 37.1 Å². The van der Waals surface area contributed by atoms with E-state index in [2.05, 4.69) is 6.92 Å². The molecule has 0 spiro atoms. The Morgan fingerprint density at radius 1 is 0.968 bits per heavy atom. The van der Waals surface area contributed by atoms with Crippen LogP contribution in [0.5, 0.6) is 28.7 Å². The Morgan fingerprint density at radius 2 is 1.71 bits per heavy atom. The van der Waals surface area contributed by atoms with E-state index in [0.717, 1.165) is 25.7 Å². The lowest BCUT2D eigenvalue weighted by molar-refractivity contribution is -0.155. The third-order valence-corrected chi connectivity index (χ3v) is 5.51. The van der Waals surface area contributed by atoms with Crippen LogP contribution in [0.3, 0.4) is 0 Å². The molecule has 31 heavy (non-hydrogen) atoms. The number of benzene rings is 2. The number of fused-ring (bicyclic) bond motifs is 1. The molecule has 0 fully saturated rings. The Labute approximate surface area is 181 Å². The lowest BCUT2D eigenvalue weighted by Gasteiger charge is -2.34. The summed E-state index contributed by atoms with van der Waals surface area (Å²) in [6, 6.07) is 6.85. The quantitative estimate of drug-likeness (QED) is 0.255. The van der Waals surface area contributed by atoms with Crippen LogP contribution >= 0.6 is 0 Å². The minimum Gasteiger partial charge on any atom is -0.508 e. The highest BCUT2D eigenvalue weighted by Crippen LogP contribution is 2.43. The second-order valence-corrected chi connectivity index (χ2v) is 7.98. The number of esters is 1. The van der Waals surface area contributed by atoms with E-state index in [4.69, 9.17) is 9.47 Å². The van der Waals surface area contributed by atoms with E-state index in [-0.39, 0.29) is 41.1 Å². The van der Waals surface area contributed by atoms with E-state index >= 15 is 0 Å². The zero-order valence-electron chi connectivity index (χ0n) is 17.7. The van der Waals surface area contributed by atoms with Crippen molar-refractivity contribution in [1.29, 1.82) is 0 Å². The summed E-state index contributed by atoms with van der Waals surface area (Å²) in [5.74, 6) is -0.951. The number of aromatic hydroxyl groups is 4. The molecule has 1 aliphatic heterocycles. The summed E-state index contributed by atoms with van der Waals surface area (Å²) < 4.78 is 11.7. The monoisotopic (exact) mass is 430 g/mol. The van der Waals surface area contributed by atoms with Gasteiger partial charge in [0.25, 0.3) is 0 Å². The van der Waals surface area contributed by atoms with Gasteiger partial charge in [-0.05, 0) is 18.6 Å². The molecule has 2 aromatic rings. The molecule has 7 nitrogen and oxygen atoms in total. The van der Waals surface area contributed by atoms with Crippen molar-refractivity contribution >= 4 is 5.97 Å². The third kappa shape index (κ3) is 5.75. The Bertz CT molecular complexity index is 909. The van der Waals surface area contributed by atoms with Gasteiger partial charge in [-0.3, -0.25) is 4.79 Å². The van der Waals surface area contributed by atoms with Crippen LogP contribution in [0.1, 0.15) is 69.1 Å². The predicted molar refractivity (Wildman–Crippen MR) is 114 cm³/mol. The van der Waals surface area contributed by atoms with Gasteiger partial charge in [-0.1, -0.05) is 45.1 Å². The predicted octanol–water partition coefficient (Wildman–Crippen LogP) is 4.85. The molecule has 2 atom stereocenters. The number of ether oxygens (including phenoxy) is 2. The first-order chi connectivity index (χ1) is 14.9. The van der Waals surface area contributed by atoms with Crippen LogP contribution in [0.15, 0.2) is 30.3 Å². The smallest absolute Gasteiger partial charge is 0.306 e. The lowest BCUT2D eigenvalue weighted by atomic mass is 9.93. The molecule has 0 saturated carbocycles. The average Bonchev–Trinajstić information content (AvgIpc) is 2.72. The number of carbonyl (C=O) groups is 1. The van der Waals surface area contributed by atoms with E-state index < -0.39 is 12.2 Å². The van der Waals surface area contributed by atoms with Crippen LogP contribution in [0.25, 0.3) is 0 Å². The van der Waals surface area contributed by atoms with Gasteiger partial charge in [-0.25, -0.2) is 0 Å². The summed E-state index contributed by atoms with van der Waals surface area (Å²) >= 11 is 0. The lowest BCUT2D eigenvalue weighted by Crippen LogP contribution is -2.34. The van der Waals surface area contributed by atoms with Crippen molar-refractivity contribution in [3.05, 3.63) is 41.5 Å². The van der Waals surface area contributed by atoms with Gasteiger partial charge >= 0.3 is 5.97 Å². The zero-order chi connectivity index (χ0) is 22.4. The highest BCUT2D eigenvalue weighted by molar-refractivity contribution is 5.69. The summed E-state index contributed by atoms with van der Waals surface area (Å²) in [4.78, 5) is 12.5. The van der Waals surface area contributed by atoms with Gasteiger partial charge in [-0.2, -0.15) is 0 Å². The first-order valence-corrected chi connectivity index (χ1v) is 10.8. The Hall–Kier alpha value is -3.09. The molecular weight excluding hydrogens is 400 g/mol. The fourth-order valence-corrected chi connectivity index (χ4v) is 3.83. The number of carbonyl (C=O) groups excluding carboxylic acids is 1. The van der Waals surface area contributed by atoms with Crippen LogP contribution in [-0.2, 0) is 16.0 Å². The number of hydrogen-bond donors (Lipinski definition) is 4. The Kier molecular flexibility index (Phi) is 7.50. The fourth-order valence-electron chi connectivity index (χ4n) is 3.83. The summed E-state index contributed by atoms with van der Waals surface area (Å²) in [6.45, 7) is 2.16. The zero-order valence-corrected chi connectivity index (χ0v) is 17.7. The molecular formula is C24H30O7. The molecule has 2 unspecified atom stereocenters. The van der Waals surface area contributed by atoms with E-state index in [0.29, 0.717) is 17.5 Å². The van der Waals surface area contributed by atoms with Crippen molar-refractivity contribution in [3.8, 4) is 28.7 Å². The Balaban J connectivity index is 1.74. The van der Waals surface area contributed by atoms with Gasteiger partial charge in [0.15, 0.2) is 17.6 Å². The van der Waals surface area contributed by atoms with Crippen LogP contribution in [0.4, 0.5) is 0 Å². The second kappa shape index (κ2) is 10.3. The maximum atomic E-state index is 12.5. The molecule has 1 heterocycles. The third-order valence-electron chi connectivity index (χ3n) is 5.51. The standard InChI is InChI=1S/C24H30O7/c1-2-3-4-5-6-7-8-23(29)30-22-14-17-19(27)12-16(25)13-21(17)31-24(22)15-9-10-18(26)20(28)11-15/h9-13,22,24-28H,2-8,14H2,1H3. The fraction of sp³-hybridized carbons (Fsp3) is 0.458. The Morgan fingerprint density at radius 3 is 2.45 bits per heavy atom. The molecule has 0 bridgehead atoms. The molecule has 0 amide bonds. The van der Waals surface area contributed by atoms with Gasteiger partial charge < -0.3 is 29.9 Å². The summed E-state index contributed by atoms with van der Waals surface area (Å²) in [7, 11) is 0. The average molecular weight is 430 g/mol. The van der Waals surface area contributed by atoms with Gasteiger partial charge in [0, 0.05) is 36.1 Å². The maximum Gasteiger partial charge on any atom is 0.306 e. The molecule has 4 N–H and O–H groups in total.